The Kier molecular flexibility index (Phi) is 6.12. The van der Waals surface area contributed by atoms with E-state index in [0.717, 1.165) is 0 Å². The standard InChI is InChI=1S/C11H22N2O4/c1-11(2,3)17-10(15)12-9(14)8(7-16-6)13(4)5/h8H,7H2,1-6H3,(H,12,14,15)/t8-/m0/s1. The number of nitrogens with one attached hydrogen (secondary N) is 1. The van der Waals surface area contributed by atoms with Crippen molar-refractivity contribution in [2.24, 2.45) is 0 Å². The molecule has 0 spiro atoms. The highest BCUT2D eigenvalue weighted by atomic mass is 16.6. The average molecular weight is 246 g/mol. The second-order valence-corrected chi connectivity index (χ2v) is 4.93. The van der Waals surface area contributed by atoms with Gasteiger partial charge in [-0.3, -0.25) is 15.0 Å². The summed E-state index contributed by atoms with van der Waals surface area (Å²) in [4.78, 5) is 24.8. The molecule has 0 rings (SSSR count). The van der Waals surface area contributed by atoms with Crippen LogP contribution >= 0.6 is 0 Å². The molecule has 0 unspecified atom stereocenters. The van der Waals surface area contributed by atoms with Gasteiger partial charge in [-0.1, -0.05) is 0 Å². The van der Waals surface area contributed by atoms with Gasteiger partial charge >= 0.3 is 6.09 Å². The summed E-state index contributed by atoms with van der Waals surface area (Å²) in [5, 5.41) is 2.18. The van der Waals surface area contributed by atoms with Crippen LogP contribution in [-0.2, 0) is 14.3 Å². The minimum absolute atomic E-state index is 0.210. The number of hydrogen-bond donors (Lipinski definition) is 1. The number of nitrogens with zero attached hydrogens (tertiary/aromatic N) is 1. The molecule has 0 aromatic carbocycles. The normalized spacial score (nSPS) is 13.4. The van der Waals surface area contributed by atoms with Crippen molar-refractivity contribution in [1.82, 2.24) is 10.2 Å². The zero-order valence-electron chi connectivity index (χ0n) is 11.4. The highest BCUT2D eigenvalue weighted by molar-refractivity contribution is 5.95. The van der Waals surface area contributed by atoms with Crippen molar-refractivity contribution in [2.45, 2.75) is 32.4 Å². The van der Waals surface area contributed by atoms with E-state index >= 15 is 0 Å². The highest BCUT2D eigenvalue weighted by Gasteiger charge is 2.25. The lowest BCUT2D eigenvalue weighted by atomic mass is 10.2. The lowest BCUT2D eigenvalue weighted by Crippen LogP contribution is -2.49. The van der Waals surface area contributed by atoms with Crippen molar-refractivity contribution in [3.8, 4) is 0 Å². The zero-order valence-corrected chi connectivity index (χ0v) is 11.4. The molecule has 6 nitrogen and oxygen atoms in total. The second-order valence-electron chi connectivity index (χ2n) is 4.93. The molecule has 1 atom stereocenters. The first kappa shape index (κ1) is 15.9. The topological polar surface area (TPSA) is 67.9 Å². The second kappa shape index (κ2) is 6.56. The third kappa shape index (κ3) is 6.91. The Bertz CT molecular complexity index is 271. The first-order valence-corrected chi connectivity index (χ1v) is 5.36. The highest BCUT2D eigenvalue weighted by Crippen LogP contribution is 2.06. The molecule has 0 aromatic rings. The number of amides is 2. The van der Waals surface area contributed by atoms with Crippen LogP contribution in [0.1, 0.15) is 20.8 Å². The molecule has 0 bridgehead atoms. The number of methoxy groups -OCH3 is 1. The Hall–Kier alpha value is -1.14. The van der Waals surface area contributed by atoms with E-state index in [1.807, 2.05) is 0 Å². The van der Waals surface area contributed by atoms with E-state index in [0.29, 0.717) is 0 Å². The molecule has 0 aromatic heterocycles. The molecular weight excluding hydrogens is 224 g/mol. The molecule has 0 saturated carbocycles. The minimum atomic E-state index is -0.745. The van der Waals surface area contributed by atoms with E-state index in [1.54, 1.807) is 39.8 Å². The molecule has 0 saturated heterocycles. The van der Waals surface area contributed by atoms with Crippen molar-refractivity contribution >= 4 is 12.0 Å². The average Bonchev–Trinajstić information content (AvgIpc) is 2.09. The first-order chi connectivity index (χ1) is 7.67. The predicted octanol–water partition coefficient (Wildman–Crippen LogP) is 0.614. The summed E-state index contributed by atoms with van der Waals surface area (Å²) >= 11 is 0. The predicted molar refractivity (Wildman–Crippen MR) is 63.7 cm³/mol. The summed E-state index contributed by atoms with van der Waals surface area (Å²) < 4.78 is 9.90. The van der Waals surface area contributed by atoms with E-state index < -0.39 is 23.6 Å². The van der Waals surface area contributed by atoms with Crippen LogP contribution in [-0.4, -0.2) is 56.4 Å². The molecule has 6 heteroatoms. The molecule has 0 heterocycles. The van der Waals surface area contributed by atoms with Crippen LogP contribution in [0, 0.1) is 0 Å². The first-order valence-electron chi connectivity index (χ1n) is 5.36. The van der Waals surface area contributed by atoms with Crippen molar-refractivity contribution < 1.29 is 19.1 Å². The van der Waals surface area contributed by atoms with Crippen LogP contribution in [0.2, 0.25) is 0 Å². The number of alkyl carbamates (subject to hydrolysis) is 1. The SMILES string of the molecule is COC[C@@H](C(=O)NC(=O)OC(C)(C)C)N(C)C. The number of imide groups is 1. The molecule has 100 valence electrons. The van der Waals surface area contributed by atoms with Gasteiger partial charge in [0, 0.05) is 7.11 Å². The Labute approximate surface area is 102 Å². The van der Waals surface area contributed by atoms with Crippen molar-refractivity contribution in [1.29, 1.82) is 0 Å². The summed E-state index contributed by atoms with van der Waals surface area (Å²) in [5.74, 6) is -0.439. The van der Waals surface area contributed by atoms with Gasteiger partial charge in [-0.25, -0.2) is 4.79 Å². The molecule has 0 radical (unpaired) electrons. The van der Waals surface area contributed by atoms with Gasteiger partial charge in [-0.05, 0) is 34.9 Å². The zero-order chi connectivity index (χ0) is 13.6. The summed E-state index contributed by atoms with van der Waals surface area (Å²) in [6.45, 7) is 5.41. The van der Waals surface area contributed by atoms with Gasteiger partial charge in [0.25, 0.3) is 0 Å². The van der Waals surface area contributed by atoms with Crippen LogP contribution in [0.5, 0.6) is 0 Å². The fourth-order valence-electron chi connectivity index (χ4n) is 1.10. The Morgan fingerprint density at radius 3 is 2.18 bits per heavy atom. The molecule has 0 aliphatic rings. The van der Waals surface area contributed by atoms with Crippen molar-refractivity contribution in [2.75, 3.05) is 27.8 Å². The van der Waals surface area contributed by atoms with Gasteiger partial charge in [0.15, 0.2) is 0 Å². The van der Waals surface area contributed by atoms with Crippen LogP contribution < -0.4 is 5.32 Å². The number of hydrogen-bond acceptors (Lipinski definition) is 5. The van der Waals surface area contributed by atoms with E-state index in [2.05, 4.69) is 5.32 Å². The lowest BCUT2D eigenvalue weighted by Gasteiger charge is -2.24. The Balaban J connectivity index is 4.36. The summed E-state index contributed by atoms with van der Waals surface area (Å²) in [7, 11) is 4.97. The van der Waals surface area contributed by atoms with E-state index in [1.165, 1.54) is 7.11 Å². The van der Waals surface area contributed by atoms with Gasteiger partial charge in [-0.2, -0.15) is 0 Å². The summed E-state index contributed by atoms with van der Waals surface area (Å²) in [6.07, 6.45) is -0.745. The van der Waals surface area contributed by atoms with E-state index in [4.69, 9.17) is 9.47 Å². The van der Waals surface area contributed by atoms with Gasteiger partial charge in [0.1, 0.15) is 11.6 Å². The van der Waals surface area contributed by atoms with Gasteiger partial charge in [0.05, 0.1) is 6.61 Å². The molecule has 1 N–H and O–H groups in total. The van der Waals surface area contributed by atoms with E-state index in [-0.39, 0.29) is 6.61 Å². The fourth-order valence-corrected chi connectivity index (χ4v) is 1.10. The third-order valence-electron chi connectivity index (χ3n) is 1.87. The molecule has 0 aliphatic heterocycles. The maximum Gasteiger partial charge on any atom is 0.414 e. The molecule has 0 aliphatic carbocycles. The quantitative estimate of drug-likeness (QED) is 0.787. The summed E-state index contributed by atoms with van der Waals surface area (Å²) in [5.41, 5.74) is -0.626. The van der Waals surface area contributed by atoms with Gasteiger partial charge in [-0.15, -0.1) is 0 Å². The van der Waals surface area contributed by atoms with Crippen LogP contribution in [0.15, 0.2) is 0 Å². The smallest absolute Gasteiger partial charge is 0.414 e. The Morgan fingerprint density at radius 1 is 1.29 bits per heavy atom. The molecular formula is C11H22N2O4. The summed E-state index contributed by atoms with van der Waals surface area (Å²) in [6, 6.07) is -0.521. The Morgan fingerprint density at radius 2 is 1.82 bits per heavy atom. The largest absolute Gasteiger partial charge is 0.444 e. The number of rotatable bonds is 4. The number of likely N-dealkylation sites (N-methyl/N-ethyl adjacent to an activating group) is 1. The van der Waals surface area contributed by atoms with Crippen LogP contribution in [0.4, 0.5) is 4.79 Å². The number of ether oxygens (including phenoxy) is 2. The van der Waals surface area contributed by atoms with Gasteiger partial charge in [0.2, 0.25) is 5.91 Å². The number of carbonyl (C=O) groups excluding carboxylic acids is 2. The maximum atomic E-state index is 11.7. The minimum Gasteiger partial charge on any atom is -0.444 e. The van der Waals surface area contributed by atoms with Crippen molar-refractivity contribution in [3.05, 3.63) is 0 Å². The third-order valence-corrected chi connectivity index (χ3v) is 1.87. The number of carbonyl (C=O) groups is 2. The fraction of sp³-hybridized carbons (Fsp3) is 0.818. The van der Waals surface area contributed by atoms with Crippen LogP contribution in [0.3, 0.4) is 0 Å². The van der Waals surface area contributed by atoms with E-state index in [9.17, 15) is 9.59 Å². The lowest BCUT2D eigenvalue weighted by molar-refractivity contribution is -0.126. The maximum absolute atomic E-state index is 11.7. The monoisotopic (exact) mass is 246 g/mol. The van der Waals surface area contributed by atoms with Gasteiger partial charge < -0.3 is 9.47 Å². The molecule has 2 amide bonds. The molecule has 17 heavy (non-hydrogen) atoms. The van der Waals surface area contributed by atoms with Crippen molar-refractivity contribution in [3.63, 3.8) is 0 Å². The molecule has 0 fully saturated rings. The van der Waals surface area contributed by atoms with Crippen LogP contribution in [0.25, 0.3) is 0 Å².